The van der Waals surface area contributed by atoms with Crippen LogP contribution in [0.3, 0.4) is 0 Å². The van der Waals surface area contributed by atoms with E-state index in [2.05, 4.69) is 37.9 Å². The summed E-state index contributed by atoms with van der Waals surface area (Å²) < 4.78 is 26.6. The third-order valence-electron chi connectivity index (χ3n) is 4.12. The Bertz CT molecular complexity index is 1090. The van der Waals surface area contributed by atoms with Crippen molar-refractivity contribution < 1.29 is 13.9 Å². The quantitative estimate of drug-likeness (QED) is 0.261. The molecule has 3 aromatic carbocycles. The molecule has 146 valence electrons. The van der Waals surface area contributed by atoms with Gasteiger partial charge in [0.05, 0.1) is 23.2 Å². The van der Waals surface area contributed by atoms with Gasteiger partial charge in [-0.05, 0) is 75.1 Å². The van der Waals surface area contributed by atoms with E-state index in [1.54, 1.807) is 31.4 Å². The van der Waals surface area contributed by atoms with E-state index in [1.807, 2.05) is 30.3 Å². The van der Waals surface area contributed by atoms with Gasteiger partial charge in [0.15, 0.2) is 11.5 Å². The van der Waals surface area contributed by atoms with Gasteiger partial charge in [-0.3, -0.25) is 0 Å². The van der Waals surface area contributed by atoms with Crippen LogP contribution >= 0.6 is 31.9 Å². The molecule has 0 aromatic heterocycles. The van der Waals surface area contributed by atoms with Gasteiger partial charge >= 0.3 is 0 Å². The zero-order valence-corrected chi connectivity index (χ0v) is 18.6. The smallest absolute Gasteiger partial charge is 0.175 e. The molecular formula is C23H16Br2FNO2. The molecule has 0 saturated heterocycles. The Balaban J connectivity index is 1.89. The van der Waals surface area contributed by atoms with Crippen LogP contribution in [0.2, 0.25) is 0 Å². The van der Waals surface area contributed by atoms with Crippen molar-refractivity contribution in [3.8, 4) is 17.6 Å². The van der Waals surface area contributed by atoms with Gasteiger partial charge in [0.2, 0.25) is 0 Å². The lowest BCUT2D eigenvalue weighted by Crippen LogP contribution is -1.99. The van der Waals surface area contributed by atoms with E-state index < -0.39 is 0 Å². The molecule has 0 bridgehead atoms. The highest BCUT2D eigenvalue weighted by Crippen LogP contribution is 2.38. The predicted octanol–water partition coefficient (Wildman–Crippen LogP) is 7.00. The second-order valence-corrected chi connectivity index (χ2v) is 7.90. The van der Waals surface area contributed by atoms with Crippen LogP contribution in [0.25, 0.3) is 11.6 Å². The minimum atomic E-state index is -0.390. The summed E-state index contributed by atoms with van der Waals surface area (Å²) >= 11 is 6.93. The zero-order chi connectivity index (χ0) is 20.8. The first-order valence-electron chi connectivity index (χ1n) is 8.62. The van der Waals surface area contributed by atoms with Crippen molar-refractivity contribution >= 4 is 43.5 Å². The first-order chi connectivity index (χ1) is 14.0. The van der Waals surface area contributed by atoms with Gasteiger partial charge < -0.3 is 9.47 Å². The monoisotopic (exact) mass is 515 g/mol. The second-order valence-electron chi connectivity index (χ2n) is 6.13. The van der Waals surface area contributed by atoms with Crippen LogP contribution in [0, 0.1) is 17.1 Å². The molecular weight excluding hydrogens is 501 g/mol. The second kappa shape index (κ2) is 9.73. The van der Waals surface area contributed by atoms with Crippen LogP contribution in [0.1, 0.15) is 16.7 Å². The minimum absolute atomic E-state index is 0.349. The Morgan fingerprint density at radius 2 is 1.86 bits per heavy atom. The lowest BCUT2D eigenvalue weighted by molar-refractivity contribution is 0.282. The first kappa shape index (κ1) is 21.1. The summed E-state index contributed by atoms with van der Waals surface area (Å²) in [6.07, 6.45) is 1.68. The summed E-state index contributed by atoms with van der Waals surface area (Å²) in [7, 11) is 1.56. The van der Waals surface area contributed by atoms with Crippen LogP contribution in [-0.2, 0) is 6.61 Å². The van der Waals surface area contributed by atoms with Crippen LogP contribution in [0.15, 0.2) is 69.6 Å². The maximum absolute atomic E-state index is 13.5. The standard InChI is InChI=1S/C23H16Br2FNO2/c1-28-22-11-16(9-18(13-27)17-3-2-4-20(26)12-17)10-21(25)23(22)29-14-15-5-7-19(24)8-6-15/h2-12H,14H2,1H3/b18-9-. The summed E-state index contributed by atoms with van der Waals surface area (Å²) in [5.41, 5.74) is 2.61. The zero-order valence-electron chi connectivity index (χ0n) is 15.5. The Hall–Kier alpha value is -2.62. The molecule has 0 fully saturated rings. The number of hydrogen-bond acceptors (Lipinski definition) is 3. The molecule has 0 N–H and O–H groups in total. The maximum atomic E-state index is 13.5. The summed E-state index contributed by atoms with van der Waals surface area (Å²) in [6, 6.07) is 19.5. The molecule has 3 aromatic rings. The van der Waals surface area contributed by atoms with E-state index in [-0.39, 0.29) is 5.82 Å². The van der Waals surface area contributed by atoms with Crippen LogP contribution in [0.4, 0.5) is 4.39 Å². The van der Waals surface area contributed by atoms with Gasteiger partial charge in [-0.1, -0.05) is 40.2 Å². The minimum Gasteiger partial charge on any atom is -0.493 e. The van der Waals surface area contributed by atoms with E-state index in [4.69, 9.17) is 9.47 Å². The third kappa shape index (κ3) is 5.47. The van der Waals surface area contributed by atoms with E-state index >= 15 is 0 Å². The fourth-order valence-electron chi connectivity index (χ4n) is 2.70. The SMILES string of the molecule is COc1cc(/C=C(/C#N)c2cccc(F)c2)cc(Br)c1OCc1ccc(Br)cc1. The molecule has 0 atom stereocenters. The van der Waals surface area contributed by atoms with Crippen molar-refractivity contribution in [3.05, 3.63) is 92.1 Å². The number of benzene rings is 3. The average molecular weight is 517 g/mol. The van der Waals surface area contributed by atoms with Crippen molar-refractivity contribution in [3.63, 3.8) is 0 Å². The number of halogens is 3. The Morgan fingerprint density at radius 3 is 2.52 bits per heavy atom. The van der Waals surface area contributed by atoms with E-state index in [0.29, 0.717) is 33.7 Å². The molecule has 3 rings (SSSR count). The largest absolute Gasteiger partial charge is 0.493 e. The summed E-state index contributed by atoms with van der Waals surface area (Å²) in [5, 5.41) is 9.50. The molecule has 0 unspecified atom stereocenters. The van der Waals surface area contributed by atoms with Crippen LogP contribution in [0.5, 0.6) is 11.5 Å². The highest BCUT2D eigenvalue weighted by atomic mass is 79.9. The van der Waals surface area contributed by atoms with Gasteiger partial charge in [0, 0.05) is 4.47 Å². The highest BCUT2D eigenvalue weighted by molar-refractivity contribution is 9.10. The van der Waals surface area contributed by atoms with E-state index in [1.165, 1.54) is 12.1 Å². The molecule has 0 saturated carbocycles. The van der Waals surface area contributed by atoms with Crippen LogP contribution < -0.4 is 9.47 Å². The lowest BCUT2D eigenvalue weighted by Gasteiger charge is -2.14. The molecule has 0 spiro atoms. The molecule has 29 heavy (non-hydrogen) atoms. The summed E-state index contributed by atoms with van der Waals surface area (Å²) in [5.74, 6) is 0.704. The molecule has 0 aliphatic rings. The van der Waals surface area contributed by atoms with Gasteiger partial charge in [0.25, 0.3) is 0 Å². The lowest BCUT2D eigenvalue weighted by atomic mass is 10.0. The van der Waals surface area contributed by atoms with Gasteiger partial charge in [0.1, 0.15) is 12.4 Å². The topological polar surface area (TPSA) is 42.2 Å². The van der Waals surface area contributed by atoms with Crippen molar-refractivity contribution in [2.24, 2.45) is 0 Å². The molecule has 0 radical (unpaired) electrons. The van der Waals surface area contributed by atoms with Crippen molar-refractivity contribution in [2.45, 2.75) is 6.61 Å². The average Bonchev–Trinajstić information content (AvgIpc) is 2.72. The van der Waals surface area contributed by atoms with E-state index in [0.717, 1.165) is 15.6 Å². The third-order valence-corrected chi connectivity index (χ3v) is 5.23. The number of methoxy groups -OCH3 is 1. The van der Waals surface area contributed by atoms with Gasteiger partial charge in [-0.15, -0.1) is 0 Å². The van der Waals surface area contributed by atoms with Gasteiger partial charge in [-0.2, -0.15) is 5.26 Å². The summed E-state index contributed by atoms with van der Waals surface area (Å²) in [4.78, 5) is 0. The number of nitriles is 1. The number of nitrogens with zero attached hydrogens (tertiary/aromatic N) is 1. The summed E-state index contributed by atoms with van der Waals surface area (Å²) in [6.45, 7) is 0.379. The number of hydrogen-bond donors (Lipinski definition) is 0. The molecule has 0 heterocycles. The van der Waals surface area contributed by atoms with Gasteiger partial charge in [-0.25, -0.2) is 4.39 Å². The fourth-order valence-corrected chi connectivity index (χ4v) is 3.54. The Morgan fingerprint density at radius 1 is 1.10 bits per heavy atom. The van der Waals surface area contributed by atoms with E-state index in [9.17, 15) is 9.65 Å². The number of allylic oxidation sites excluding steroid dienone is 1. The Kier molecular flexibility index (Phi) is 7.08. The molecule has 0 aliphatic heterocycles. The fraction of sp³-hybridized carbons (Fsp3) is 0.0870. The number of rotatable bonds is 6. The maximum Gasteiger partial charge on any atom is 0.175 e. The molecule has 3 nitrogen and oxygen atoms in total. The molecule has 6 heteroatoms. The number of ether oxygens (including phenoxy) is 2. The van der Waals surface area contributed by atoms with Crippen LogP contribution in [-0.4, -0.2) is 7.11 Å². The highest BCUT2D eigenvalue weighted by Gasteiger charge is 2.12. The van der Waals surface area contributed by atoms with Crippen molar-refractivity contribution in [1.82, 2.24) is 0 Å². The van der Waals surface area contributed by atoms with Crippen molar-refractivity contribution in [1.29, 1.82) is 5.26 Å². The molecule has 0 amide bonds. The van der Waals surface area contributed by atoms with Crippen molar-refractivity contribution in [2.75, 3.05) is 7.11 Å². The molecule has 0 aliphatic carbocycles. The predicted molar refractivity (Wildman–Crippen MR) is 119 cm³/mol. The first-order valence-corrected chi connectivity index (χ1v) is 10.2. The Labute approximate surface area is 185 Å². The normalized spacial score (nSPS) is 11.1.